The lowest BCUT2D eigenvalue weighted by atomic mass is 10.0. The Morgan fingerprint density at radius 1 is 0.853 bits per heavy atom. The van der Waals surface area contributed by atoms with Crippen molar-refractivity contribution < 1.29 is 32.3 Å². The number of rotatable bonds is 7. The van der Waals surface area contributed by atoms with E-state index in [4.69, 9.17) is 4.74 Å². The van der Waals surface area contributed by atoms with Gasteiger partial charge in [0.15, 0.2) is 5.78 Å². The molecule has 3 aromatic carbocycles. The van der Waals surface area contributed by atoms with Crippen molar-refractivity contribution in [2.24, 2.45) is 0 Å². The summed E-state index contributed by atoms with van der Waals surface area (Å²) in [7, 11) is 1.46. The van der Waals surface area contributed by atoms with Crippen molar-refractivity contribution >= 4 is 29.0 Å². The quantitative estimate of drug-likeness (QED) is 0.456. The number of nitrogens with one attached hydrogen (secondary N) is 2. The van der Waals surface area contributed by atoms with Gasteiger partial charge in [-0.25, -0.2) is 0 Å². The van der Waals surface area contributed by atoms with Crippen molar-refractivity contribution in [1.29, 1.82) is 0 Å². The zero-order valence-corrected chi connectivity index (χ0v) is 18.3. The molecule has 3 rings (SSSR count). The fourth-order valence-electron chi connectivity index (χ4n) is 3.23. The lowest BCUT2D eigenvalue weighted by Crippen LogP contribution is -2.17. The maximum absolute atomic E-state index is 12.9. The number of carbonyl (C=O) groups excluding carboxylic acids is 3. The predicted octanol–water partition coefficient (Wildman–Crippen LogP) is 5.35. The molecule has 2 amide bonds. The van der Waals surface area contributed by atoms with E-state index in [2.05, 4.69) is 10.6 Å². The number of amides is 2. The van der Waals surface area contributed by atoms with Crippen LogP contribution in [0.4, 0.5) is 24.5 Å². The van der Waals surface area contributed by atoms with Gasteiger partial charge >= 0.3 is 6.18 Å². The van der Waals surface area contributed by atoms with Gasteiger partial charge in [-0.1, -0.05) is 12.1 Å². The fraction of sp³-hybridized carbons (Fsp3) is 0.160. The molecule has 0 aliphatic heterocycles. The topological polar surface area (TPSA) is 84.5 Å². The van der Waals surface area contributed by atoms with Crippen molar-refractivity contribution in [3.05, 3.63) is 89.0 Å². The second-order valence-corrected chi connectivity index (χ2v) is 7.42. The molecule has 0 aliphatic rings. The highest BCUT2D eigenvalue weighted by Gasteiger charge is 2.30. The minimum atomic E-state index is -4.53. The maximum Gasteiger partial charge on any atom is 0.416 e. The molecule has 3 aromatic rings. The number of anilines is 2. The smallest absolute Gasteiger partial charge is 0.416 e. The van der Waals surface area contributed by atoms with E-state index in [-0.39, 0.29) is 23.5 Å². The van der Waals surface area contributed by atoms with Gasteiger partial charge in [0.25, 0.3) is 5.91 Å². The highest BCUT2D eigenvalue weighted by atomic mass is 19.4. The number of benzene rings is 3. The van der Waals surface area contributed by atoms with E-state index in [1.165, 1.54) is 44.4 Å². The highest BCUT2D eigenvalue weighted by molar-refractivity contribution is 6.05. The van der Waals surface area contributed by atoms with Gasteiger partial charge in [0.1, 0.15) is 5.75 Å². The van der Waals surface area contributed by atoms with E-state index in [0.29, 0.717) is 22.6 Å². The number of halogens is 3. The first kappa shape index (κ1) is 24.5. The SMILES string of the molecule is COc1ccc(C(C)=O)cc1CC(=O)Nc1cccc(C(=O)Nc2cccc(C(F)(F)F)c2)c1. The summed E-state index contributed by atoms with van der Waals surface area (Å²) in [6, 6.07) is 15.1. The maximum atomic E-state index is 12.9. The summed E-state index contributed by atoms with van der Waals surface area (Å²) >= 11 is 0. The first-order valence-corrected chi connectivity index (χ1v) is 10.1. The molecule has 2 N–H and O–H groups in total. The van der Waals surface area contributed by atoms with Crippen LogP contribution in [0.2, 0.25) is 0 Å². The lowest BCUT2D eigenvalue weighted by molar-refractivity contribution is -0.137. The Morgan fingerprint density at radius 2 is 1.53 bits per heavy atom. The Bertz CT molecular complexity index is 1240. The number of ketones is 1. The zero-order valence-electron chi connectivity index (χ0n) is 18.3. The van der Waals surface area contributed by atoms with Crippen LogP contribution in [0.5, 0.6) is 5.75 Å². The van der Waals surface area contributed by atoms with Gasteiger partial charge in [-0.05, 0) is 61.5 Å². The molecule has 0 saturated carbocycles. The van der Waals surface area contributed by atoms with Crippen LogP contribution in [0.15, 0.2) is 66.7 Å². The summed E-state index contributed by atoms with van der Waals surface area (Å²) < 4.78 is 43.9. The van der Waals surface area contributed by atoms with Gasteiger partial charge < -0.3 is 15.4 Å². The van der Waals surface area contributed by atoms with Crippen molar-refractivity contribution in [2.75, 3.05) is 17.7 Å². The second kappa shape index (κ2) is 10.2. The molecule has 0 radical (unpaired) electrons. The molecule has 9 heteroatoms. The van der Waals surface area contributed by atoms with Gasteiger partial charge in [-0.3, -0.25) is 14.4 Å². The van der Waals surface area contributed by atoms with Crippen molar-refractivity contribution in [1.82, 2.24) is 0 Å². The normalized spacial score (nSPS) is 11.0. The third-order valence-corrected chi connectivity index (χ3v) is 4.89. The van der Waals surface area contributed by atoms with Crippen molar-refractivity contribution in [3.63, 3.8) is 0 Å². The van der Waals surface area contributed by atoms with Crippen LogP contribution >= 0.6 is 0 Å². The number of Topliss-reactive ketones (excluding diaryl/α,β-unsaturated/α-hetero) is 1. The van der Waals surface area contributed by atoms with E-state index in [9.17, 15) is 27.6 Å². The monoisotopic (exact) mass is 470 g/mol. The van der Waals surface area contributed by atoms with Crippen LogP contribution in [-0.2, 0) is 17.4 Å². The Labute approximate surface area is 193 Å². The van der Waals surface area contributed by atoms with Crippen LogP contribution in [0.3, 0.4) is 0 Å². The Morgan fingerprint density at radius 3 is 2.18 bits per heavy atom. The highest BCUT2D eigenvalue weighted by Crippen LogP contribution is 2.30. The summed E-state index contributed by atoms with van der Waals surface area (Å²) in [5.41, 5.74) is 0.542. The summed E-state index contributed by atoms with van der Waals surface area (Å²) in [4.78, 5) is 36.8. The number of carbonyl (C=O) groups is 3. The minimum Gasteiger partial charge on any atom is -0.496 e. The molecule has 0 aliphatic carbocycles. The molecular formula is C25H21F3N2O4. The second-order valence-electron chi connectivity index (χ2n) is 7.42. The van der Waals surface area contributed by atoms with Crippen molar-refractivity contribution in [3.8, 4) is 5.75 Å². The number of ether oxygens (including phenoxy) is 1. The molecule has 176 valence electrons. The molecule has 0 unspecified atom stereocenters. The van der Waals surface area contributed by atoms with E-state index < -0.39 is 23.6 Å². The van der Waals surface area contributed by atoms with E-state index in [0.717, 1.165) is 12.1 Å². The Kier molecular flexibility index (Phi) is 7.35. The zero-order chi connectivity index (χ0) is 24.9. The molecule has 0 spiro atoms. The molecule has 0 atom stereocenters. The van der Waals surface area contributed by atoms with Gasteiger partial charge in [0.2, 0.25) is 5.91 Å². The van der Waals surface area contributed by atoms with Crippen molar-refractivity contribution in [2.45, 2.75) is 19.5 Å². The average Bonchev–Trinajstić information content (AvgIpc) is 2.78. The first-order valence-electron chi connectivity index (χ1n) is 10.1. The third-order valence-electron chi connectivity index (χ3n) is 4.89. The number of methoxy groups -OCH3 is 1. The van der Waals surface area contributed by atoms with Crippen LogP contribution in [0, 0.1) is 0 Å². The average molecular weight is 470 g/mol. The third kappa shape index (κ3) is 6.22. The summed E-state index contributed by atoms with van der Waals surface area (Å²) in [5.74, 6) is -0.737. The fourth-order valence-corrected chi connectivity index (χ4v) is 3.23. The number of hydrogen-bond donors (Lipinski definition) is 2. The van der Waals surface area contributed by atoms with Gasteiger partial charge in [0.05, 0.1) is 19.1 Å². The minimum absolute atomic E-state index is 0.00767. The molecule has 34 heavy (non-hydrogen) atoms. The van der Waals surface area contributed by atoms with Crippen LogP contribution in [0.25, 0.3) is 0 Å². The summed E-state index contributed by atoms with van der Waals surface area (Å²) in [5, 5.41) is 5.09. The Hall–Kier alpha value is -4.14. The summed E-state index contributed by atoms with van der Waals surface area (Å²) in [6.07, 6.45) is -4.61. The molecule has 6 nitrogen and oxygen atoms in total. The molecule has 0 bridgehead atoms. The largest absolute Gasteiger partial charge is 0.496 e. The number of alkyl halides is 3. The molecular weight excluding hydrogens is 449 g/mol. The first-order chi connectivity index (χ1) is 16.1. The van der Waals surface area contributed by atoms with Gasteiger partial charge in [-0.2, -0.15) is 13.2 Å². The lowest BCUT2D eigenvalue weighted by Gasteiger charge is -2.12. The standard InChI is InChI=1S/C25H21F3N2O4/c1-15(31)16-9-10-22(34-2)18(11-16)13-23(32)29-20-7-3-5-17(12-20)24(33)30-21-8-4-6-19(14-21)25(26,27)28/h3-12,14H,13H2,1-2H3,(H,29,32)(H,30,33). The van der Waals surface area contributed by atoms with E-state index in [1.54, 1.807) is 24.3 Å². The van der Waals surface area contributed by atoms with E-state index in [1.807, 2.05) is 0 Å². The van der Waals surface area contributed by atoms with Gasteiger partial charge in [-0.15, -0.1) is 0 Å². The molecule has 0 heterocycles. The molecule has 0 fully saturated rings. The van der Waals surface area contributed by atoms with Crippen LogP contribution < -0.4 is 15.4 Å². The molecule has 0 saturated heterocycles. The Balaban J connectivity index is 1.71. The van der Waals surface area contributed by atoms with Gasteiger partial charge in [0, 0.05) is 28.1 Å². The molecule has 0 aromatic heterocycles. The van der Waals surface area contributed by atoms with Crippen LogP contribution in [-0.4, -0.2) is 24.7 Å². The predicted molar refractivity (Wildman–Crippen MR) is 121 cm³/mol. The summed E-state index contributed by atoms with van der Waals surface area (Å²) in [6.45, 7) is 1.42. The number of hydrogen-bond acceptors (Lipinski definition) is 4. The van der Waals surface area contributed by atoms with E-state index >= 15 is 0 Å². The van der Waals surface area contributed by atoms with Crippen LogP contribution in [0.1, 0.15) is 38.8 Å².